The van der Waals surface area contributed by atoms with Crippen LogP contribution >= 0.6 is 11.6 Å². The second-order valence-electron chi connectivity index (χ2n) is 11.5. The Balaban J connectivity index is 1.23. The van der Waals surface area contributed by atoms with Gasteiger partial charge in [0.1, 0.15) is 6.54 Å². The van der Waals surface area contributed by atoms with Crippen molar-refractivity contribution in [3.63, 3.8) is 0 Å². The van der Waals surface area contributed by atoms with Gasteiger partial charge in [-0.1, -0.05) is 72.6 Å². The molecule has 2 amide bonds. The van der Waals surface area contributed by atoms with Crippen molar-refractivity contribution in [2.75, 3.05) is 26.2 Å². The number of carbonyl (C=O) groups excluding carboxylic acids is 2. The maximum Gasteiger partial charge on any atom is 0.405 e. The molecule has 0 spiro atoms. The Morgan fingerprint density at radius 3 is 2.21 bits per heavy atom. The van der Waals surface area contributed by atoms with Crippen molar-refractivity contribution < 1.29 is 22.8 Å². The van der Waals surface area contributed by atoms with E-state index in [2.05, 4.69) is 10.2 Å². The number of hydrogen-bond acceptors (Lipinski definition) is 4. The van der Waals surface area contributed by atoms with E-state index in [0.717, 1.165) is 49.2 Å². The summed E-state index contributed by atoms with van der Waals surface area (Å²) in [5, 5.41) is 15.9. The van der Waals surface area contributed by atoms with E-state index < -0.39 is 29.1 Å². The van der Waals surface area contributed by atoms with Crippen LogP contribution in [0, 0.1) is 12.1 Å². The lowest BCUT2D eigenvalue weighted by Crippen LogP contribution is -2.47. The summed E-state index contributed by atoms with van der Waals surface area (Å²) in [6.45, 7) is 2.34. The van der Waals surface area contributed by atoms with Gasteiger partial charge in [0.25, 0.3) is 5.91 Å². The number of hydrogen-bond donors (Lipinski definition) is 1. The minimum atomic E-state index is -4.80. The molecule has 0 unspecified atom stereocenters. The number of likely N-dealkylation sites (tertiary alicyclic amines) is 1. The van der Waals surface area contributed by atoms with E-state index in [1.54, 1.807) is 36.4 Å². The number of nitrogens with zero attached hydrogens (tertiary/aromatic N) is 2. The number of alkyl halides is 3. The normalized spacial score (nSPS) is 16.4. The Kier molecular flexibility index (Phi) is 9.15. The fraction of sp³-hybridized carbons (Fsp3) is 0.394. The van der Waals surface area contributed by atoms with Crippen LogP contribution in [0.3, 0.4) is 0 Å². The lowest BCUT2D eigenvalue weighted by atomic mass is 9.73. The van der Waals surface area contributed by atoms with E-state index in [1.807, 2.05) is 37.3 Å². The molecule has 3 aromatic rings. The molecule has 0 bridgehead atoms. The number of rotatable bonds is 9. The van der Waals surface area contributed by atoms with Crippen molar-refractivity contribution in [2.24, 2.45) is 0 Å². The van der Waals surface area contributed by atoms with Gasteiger partial charge in [-0.15, -0.1) is 0 Å². The van der Waals surface area contributed by atoms with Gasteiger partial charge < -0.3 is 20.5 Å². The molecule has 0 atom stereocenters. The molecule has 0 radical (unpaired) electrons. The van der Waals surface area contributed by atoms with E-state index in [4.69, 9.17) is 11.6 Å². The summed E-state index contributed by atoms with van der Waals surface area (Å²) in [6.07, 6.45) is -1.75. The Morgan fingerprint density at radius 2 is 1.60 bits per heavy atom. The maximum absolute atomic E-state index is 13.7. The minimum absolute atomic E-state index is 0.0474. The zero-order valence-corrected chi connectivity index (χ0v) is 24.7. The molecular formula is C33H34ClF3N3O3-. The molecule has 5 rings (SSSR count). The Bertz CT molecular complexity index is 1440. The summed E-state index contributed by atoms with van der Waals surface area (Å²) < 4.78 is 39.5. The lowest BCUT2D eigenvalue weighted by Gasteiger charge is -2.40. The molecule has 6 nitrogen and oxygen atoms in total. The highest BCUT2D eigenvalue weighted by Gasteiger charge is 2.49. The zero-order chi connectivity index (χ0) is 30.8. The third-order valence-corrected chi connectivity index (χ3v) is 8.86. The minimum Gasteiger partial charge on any atom is -0.756 e. The van der Waals surface area contributed by atoms with Gasteiger partial charge >= 0.3 is 6.18 Å². The van der Waals surface area contributed by atoms with Gasteiger partial charge in [0.2, 0.25) is 5.91 Å². The third kappa shape index (κ3) is 6.59. The molecule has 1 aliphatic carbocycles. The van der Waals surface area contributed by atoms with Gasteiger partial charge in [0.15, 0.2) is 0 Å². The summed E-state index contributed by atoms with van der Waals surface area (Å²) in [7, 11) is 0. The fourth-order valence-electron chi connectivity index (χ4n) is 6.51. The average Bonchev–Trinajstić information content (AvgIpc) is 3.26. The van der Waals surface area contributed by atoms with E-state index in [-0.39, 0.29) is 18.4 Å². The quantitative estimate of drug-likeness (QED) is 0.211. The number of carbonyl (C=O) groups is 2. The zero-order valence-electron chi connectivity index (χ0n) is 23.9. The SMILES string of the molecule is Cc1ccc(Cl)cc1C(=O)NC1CCN(CCCCC2(C(=O)N([O-])CC(F)(F)F)c3ccccc3-c3ccccc32)CC1. The molecule has 228 valence electrons. The topological polar surface area (TPSA) is 75.7 Å². The molecule has 0 saturated carbocycles. The second kappa shape index (κ2) is 12.7. The van der Waals surface area contributed by atoms with Crippen LogP contribution in [0.1, 0.15) is 59.2 Å². The molecule has 0 aromatic heterocycles. The lowest BCUT2D eigenvalue weighted by molar-refractivity contribution is -0.158. The molecule has 10 heteroatoms. The predicted octanol–water partition coefficient (Wildman–Crippen LogP) is 6.87. The van der Waals surface area contributed by atoms with Crippen LogP contribution in [-0.2, 0) is 10.2 Å². The first-order chi connectivity index (χ1) is 20.5. The Labute approximate surface area is 254 Å². The summed E-state index contributed by atoms with van der Waals surface area (Å²) in [5.74, 6) is -1.21. The van der Waals surface area contributed by atoms with Crippen molar-refractivity contribution in [2.45, 2.75) is 56.7 Å². The molecule has 1 heterocycles. The van der Waals surface area contributed by atoms with E-state index in [0.29, 0.717) is 34.6 Å². The highest BCUT2D eigenvalue weighted by molar-refractivity contribution is 6.31. The number of hydroxylamine groups is 2. The number of aryl methyl sites for hydroxylation is 1. The monoisotopic (exact) mass is 612 g/mol. The van der Waals surface area contributed by atoms with Crippen LogP contribution in [-0.4, -0.2) is 60.2 Å². The second-order valence-corrected chi connectivity index (χ2v) is 11.9. The third-order valence-electron chi connectivity index (χ3n) is 8.62. The van der Waals surface area contributed by atoms with Gasteiger partial charge in [-0.05, 0) is 79.1 Å². The molecule has 1 fully saturated rings. The van der Waals surface area contributed by atoms with Gasteiger partial charge in [-0.3, -0.25) is 9.59 Å². The van der Waals surface area contributed by atoms with Crippen molar-refractivity contribution in [1.29, 1.82) is 0 Å². The number of amides is 2. The first kappa shape index (κ1) is 31.0. The number of piperidine rings is 1. The van der Waals surface area contributed by atoms with Gasteiger partial charge in [0, 0.05) is 29.7 Å². The largest absolute Gasteiger partial charge is 0.756 e. The van der Waals surface area contributed by atoms with E-state index >= 15 is 0 Å². The number of benzene rings is 3. The van der Waals surface area contributed by atoms with Gasteiger partial charge in [-0.25, -0.2) is 0 Å². The molecule has 2 aliphatic rings. The first-order valence-corrected chi connectivity index (χ1v) is 14.9. The standard InChI is InChI=1S/C33H34ClF3N3O3/c1-22-12-13-23(34)20-27(22)30(41)38-24-14-18-39(19-15-24)17-7-6-16-32(31(42)40(43)21-33(35,36)37)28-10-4-2-8-25(28)26-9-3-5-11-29(26)32/h2-5,8-13,20,24H,6-7,14-19,21H2,1H3,(H,38,41)/q-1. The number of unbranched alkanes of at least 4 members (excludes halogenated alkanes) is 1. The summed E-state index contributed by atoms with van der Waals surface area (Å²) in [5.41, 5.74) is 2.65. The van der Waals surface area contributed by atoms with Crippen molar-refractivity contribution >= 4 is 23.4 Å². The summed E-state index contributed by atoms with van der Waals surface area (Å²) in [6, 6.07) is 19.6. The van der Waals surface area contributed by atoms with E-state index in [9.17, 15) is 28.0 Å². The highest BCUT2D eigenvalue weighted by Crippen LogP contribution is 2.52. The summed E-state index contributed by atoms with van der Waals surface area (Å²) in [4.78, 5) is 28.8. The molecule has 43 heavy (non-hydrogen) atoms. The summed E-state index contributed by atoms with van der Waals surface area (Å²) >= 11 is 6.07. The van der Waals surface area contributed by atoms with Crippen LogP contribution < -0.4 is 5.32 Å². The Morgan fingerprint density at radius 1 is 1.00 bits per heavy atom. The smallest absolute Gasteiger partial charge is 0.405 e. The molecule has 3 aromatic carbocycles. The maximum atomic E-state index is 13.7. The first-order valence-electron chi connectivity index (χ1n) is 14.5. The van der Waals surface area contributed by atoms with Gasteiger partial charge in [-0.2, -0.15) is 13.2 Å². The highest BCUT2D eigenvalue weighted by atomic mass is 35.5. The number of nitrogens with one attached hydrogen (secondary N) is 1. The van der Waals surface area contributed by atoms with E-state index in [1.165, 1.54) is 0 Å². The van der Waals surface area contributed by atoms with Crippen molar-refractivity contribution in [1.82, 2.24) is 15.3 Å². The number of fused-ring (bicyclic) bond motifs is 3. The molecule has 1 saturated heterocycles. The predicted molar refractivity (Wildman–Crippen MR) is 161 cm³/mol. The Hall–Kier alpha value is -3.40. The average molecular weight is 613 g/mol. The fourth-order valence-corrected chi connectivity index (χ4v) is 6.68. The van der Waals surface area contributed by atoms with Crippen LogP contribution in [0.25, 0.3) is 11.1 Å². The number of halogens is 4. The molecule has 1 N–H and O–H groups in total. The van der Waals surface area contributed by atoms with Crippen LogP contribution in [0.4, 0.5) is 13.2 Å². The van der Waals surface area contributed by atoms with Gasteiger partial charge in [0.05, 0.1) is 5.41 Å². The van der Waals surface area contributed by atoms with Crippen molar-refractivity contribution in [3.8, 4) is 11.1 Å². The van der Waals surface area contributed by atoms with Crippen LogP contribution in [0.5, 0.6) is 0 Å². The van der Waals surface area contributed by atoms with Crippen LogP contribution in [0.2, 0.25) is 5.02 Å². The molecular weight excluding hydrogens is 579 g/mol. The van der Waals surface area contributed by atoms with Crippen LogP contribution in [0.15, 0.2) is 66.7 Å². The molecule has 1 aliphatic heterocycles. The van der Waals surface area contributed by atoms with Crippen molar-refractivity contribution in [3.05, 3.63) is 99.2 Å².